The predicted octanol–water partition coefficient (Wildman–Crippen LogP) is 1.99. The van der Waals surface area contributed by atoms with Gasteiger partial charge in [-0.1, -0.05) is 5.16 Å². The number of likely N-dealkylation sites (tertiary alicyclic amines) is 2. The largest absolute Gasteiger partial charge is 0.372 e. The number of amides is 1. The average molecular weight is 377 g/mol. The minimum atomic E-state index is 0.00701. The van der Waals surface area contributed by atoms with E-state index in [1.165, 1.54) is 0 Å². The average Bonchev–Trinajstić information content (AvgIpc) is 3.30. The number of aromatic nitrogens is 1. The van der Waals surface area contributed by atoms with E-state index in [1.807, 2.05) is 17.9 Å². The molecule has 0 bridgehead atoms. The van der Waals surface area contributed by atoms with E-state index < -0.39 is 0 Å². The van der Waals surface area contributed by atoms with Crippen LogP contribution in [0.3, 0.4) is 0 Å². The molecule has 150 valence electrons. The molecule has 1 spiro atoms. The van der Waals surface area contributed by atoms with Gasteiger partial charge in [0.2, 0.25) is 5.91 Å². The van der Waals surface area contributed by atoms with Crippen molar-refractivity contribution in [1.29, 1.82) is 0 Å². The summed E-state index contributed by atoms with van der Waals surface area (Å²) in [5.74, 6) is 1.63. The van der Waals surface area contributed by atoms with Crippen LogP contribution in [-0.4, -0.2) is 72.5 Å². The summed E-state index contributed by atoms with van der Waals surface area (Å²) in [6.45, 7) is 8.20. The molecule has 3 fully saturated rings. The Balaban J connectivity index is 1.14. The highest BCUT2D eigenvalue weighted by molar-refractivity contribution is 5.77. The minimum Gasteiger partial charge on any atom is -0.372 e. The van der Waals surface area contributed by atoms with E-state index in [-0.39, 0.29) is 18.1 Å². The van der Waals surface area contributed by atoms with Crippen molar-refractivity contribution in [3.05, 3.63) is 17.5 Å². The molecule has 4 heterocycles. The number of hydrogen-bond donors (Lipinski definition) is 0. The smallest absolute Gasteiger partial charge is 0.248 e. The number of carbonyl (C=O) groups excluding carboxylic acids is 1. The first-order chi connectivity index (χ1) is 13.1. The number of carbonyl (C=O) groups is 1. The molecule has 1 amide bonds. The third-order valence-corrected chi connectivity index (χ3v) is 6.04. The van der Waals surface area contributed by atoms with E-state index >= 15 is 0 Å². The van der Waals surface area contributed by atoms with Crippen molar-refractivity contribution < 1.29 is 18.8 Å². The first-order valence-corrected chi connectivity index (χ1v) is 10.3. The van der Waals surface area contributed by atoms with E-state index in [2.05, 4.69) is 10.1 Å². The molecule has 7 heteroatoms. The first-order valence-electron chi connectivity index (χ1n) is 10.3. The Hall–Kier alpha value is -1.44. The summed E-state index contributed by atoms with van der Waals surface area (Å²) in [6.07, 6.45) is 5.45. The van der Waals surface area contributed by atoms with E-state index in [0.717, 1.165) is 82.9 Å². The first kappa shape index (κ1) is 18.9. The maximum Gasteiger partial charge on any atom is 0.248 e. The van der Waals surface area contributed by atoms with Gasteiger partial charge in [-0.15, -0.1) is 0 Å². The van der Waals surface area contributed by atoms with Crippen LogP contribution in [0.2, 0.25) is 0 Å². The fourth-order valence-electron chi connectivity index (χ4n) is 4.67. The van der Waals surface area contributed by atoms with Crippen molar-refractivity contribution in [1.82, 2.24) is 15.0 Å². The Bertz CT molecular complexity index is 635. The fraction of sp³-hybridized carbons (Fsp3) is 0.800. The van der Waals surface area contributed by atoms with Gasteiger partial charge >= 0.3 is 0 Å². The molecule has 4 rings (SSSR count). The molecule has 1 aromatic heterocycles. The van der Waals surface area contributed by atoms with Gasteiger partial charge in [0.15, 0.2) is 0 Å². The maximum atomic E-state index is 12.0. The van der Waals surface area contributed by atoms with Crippen LogP contribution in [0.15, 0.2) is 10.6 Å². The van der Waals surface area contributed by atoms with Gasteiger partial charge in [-0.3, -0.25) is 9.69 Å². The molecule has 1 atom stereocenters. The second-order valence-corrected chi connectivity index (χ2v) is 8.39. The zero-order valence-corrected chi connectivity index (χ0v) is 16.3. The van der Waals surface area contributed by atoms with Gasteiger partial charge in [0, 0.05) is 52.0 Å². The Morgan fingerprint density at radius 3 is 2.93 bits per heavy atom. The Morgan fingerprint density at radius 1 is 1.37 bits per heavy atom. The monoisotopic (exact) mass is 377 g/mol. The second-order valence-electron chi connectivity index (χ2n) is 8.39. The molecule has 0 aliphatic carbocycles. The van der Waals surface area contributed by atoms with Gasteiger partial charge in [-0.05, 0) is 44.9 Å². The Morgan fingerprint density at radius 2 is 2.19 bits per heavy atom. The summed E-state index contributed by atoms with van der Waals surface area (Å²) >= 11 is 0. The van der Waals surface area contributed by atoms with E-state index in [0.29, 0.717) is 12.5 Å². The third kappa shape index (κ3) is 4.70. The molecule has 0 aromatic carbocycles. The lowest BCUT2D eigenvalue weighted by atomic mass is 9.79. The molecular formula is C20H31N3O4. The number of hydrogen-bond acceptors (Lipinski definition) is 6. The number of nitrogens with zero attached hydrogens (tertiary/aromatic N) is 3. The van der Waals surface area contributed by atoms with Crippen LogP contribution in [0.1, 0.15) is 43.6 Å². The normalized spacial score (nSPS) is 25.1. The van der Waals surface area contributed by atoms with Gasteiger partial charge in [0.05, 0.1) is 11.3 Å². The molecule has 0 saturated carbocycles. The maximum absolute atomic E-state index is 12.0. The van der Waals surface area contributed by atoms with Gasteiger partial charge in [-0.25, -0.2) is 0 Å². The lowest BCUT2D eigenvalue weighted by Gasteiger charge is -2.53. The van der Waals surface area contributed by atoms with Crippen LogP contribution < -0.4 is 0 Å². The number of aryl methyl sites for hydroxylation is 1. The summed E-state index contributed by atoms with van der Waals surface area (Å²) in [7, 11) is 0. The summed E-state index contributed by atoms with van der Waals surface area (Å²) in [5, 5.41) is 4.07. The molecule has 3 aliphatic rings. The molecule has 27 heavy (non-hydrogen) atoms. The molecule has 1 unspecified atom stereocenters. The van der Waals surface area contributed by atoms with Crippen LogP contribution in [0.4, 0.5) is 0 Å². The zero-order valence-electron chi connectivity index (χ0n) is 16.3. The molecule has 0 N–H and O–H groups in total. The van der Waals surface area contributed by atoms with Crippen LogP contribution in [0.25, 0.3) is 0 Å². The van der Waals surface area contributed by atoms with Gasteiger partial charge in [0.25, 0.3) is 0 Å². The van der Waals surface area contributed by atoms with E-state index in [9.17, 15) is 4.79 Å². The summed E-state index contributed by atoms with van der Waals surface area (Å²) in [6, 6.07) is 2.00. The zero-order chi connectivity index (χ0) is 18.7. The van der Waals surface area contributed by atoms with Crippen molar-refractivity contribution >= 4 is 5.91 Å². The highest BCUT2D eigenvalue weighted by Gasteiger charge is 2.47. The number of ether oxygens (including phenoxy) is 2. The van der Waals surface area contributed by atoms with E-state index in [4.69, 9.17) is 14.0 Å². The lowest BCUT2D eigenvalue weighted by molar-refractivity contribution is -0.182. The highest BCUT2D eigenvalue weighted by Crippen LogP contribution is 2.38. The SMILES string of the molecule is Cc1cc(CN2CC3(CC(CCOCC(=O)N4CCCC4)CCO3)C2)no1. The summed E-state index contributed by atoms with van der Waals surface area (Å²) < 4.78 is 16.9. The molecule has 7 nitrogen and oxygen atoms in total. The molecule has 0 radical (unpaired) electrons. The van der Waals surface area contributed by atoms with Gasteiger partial charge in [-0.2, -0.15) is 0 Å². The molecule has 3 aliphatic heterocycles. The standard InChI is InChI=1S/C20H31N3O4/c1-16-10-18(21-27-16)12-22-14-20(15-22)11-17(5-9-26-20)4-8-25-13-19(24)23-6-2-3-7-23/h10,17H,2-9,11-15H2,1H3. The van der Waals surface area contributed by atoms with Gasteiger partial charge in [0.1, 0.15) is 12.4 Å². The third-order valence-electron chi connectivity index (χ3n) is 6.04. The van der Waals surface area contributed by atoms with E-state index in [1.54, 1.807) is 0 Å². The van der Waals surface area contributed by atoms with Crippen molar-refractivity contribution in [2.24, 2.45) is 5.92 Å². The Kier molecular flexibility index (Phi) is 5.80. The topological polar surface area (TPSA) is 68.0 Å². The highest BCUT2D eigenvalue weighted by atomic mass is 16.5. The molecule has 3 saturated heterocycles. The molecular weight excluding hydrogens is 346 g/mol. The van der Waals surface area contributed by atoms with Crippen molar-refractivity contribution in [2.45, 2.75) is 51.2 Å². The van der Waals surface area contributed by atoms with Crippen molar-refractivity contribution in [3.63, 3.8) is 0 Å². The van der Waals surface area contributed by atoms with Crippen LogP contribution >= 0.6 is 0 Å². The van der Waals surface area contributed by atoms with Crippen molar-refractivity contribution in [2.75, 3.05) is 46.0 Å². The van der Waals surface area contributed by atoms with Crippen LogP contribution in [-0.2, 0) is 20.8 Å². The molecule has 1 aromatic rings. The quantitative estimate of drug-likeness (QED) is 0.677. The Labute approximate surface area is 160 Å². The van der Waals surface area contributed by atoms with Crippen molar-refractivity contribution in [3.8, 4) is 0 Å². The lowest BCUT2D eigenvalue weighted by Crippen LogP contribution is -2.64. The predicted molar refractivity (Wildman–Crippen MR) is 99.2 cm³/mol. The summed E-state index contributed by atoms with van der Waals surface area (Å²) in [5.41, 5.74) is 0.998. The number of rotatable bonds is 7. The second kappa shape index (κ2) is 8.29. The fourth-order valence-corrected chi connectivity index (χ4v) is 4.67. The summed E-state index contributed by atoms with van der Waals surface area (Å²) in [4.78, 5) is 16.3. The van der Waals surface area contributed by atoms with Crippen LogP contribution in [0.5, 0.6) is 0 Å². The minimum absolute atomic E-state index is 0.00701. The van der Waals surface area contributed by atoms with Gasteiger partial charge < -0.3 is 18.9 Å². The van der Waals surface area contributed by atoms with Crippen LogP contribution in [0, 0.1) is 12.8 Å².